The molecular weight excluding hydrogens is 386 g/mol. The summed E-state index contributed by atoms with van der Waals surface area (Å²) in [5.41, 5.74) is 4.81. The largest absolute Gasteiger partial charge is 0.496 e. The van der Waals surface area contributed by atoms with E-state index in [0.29, 0.717) is 11.4 Å². The number of fused-ring (bicyclic) bond motifs is 1. The molecule has 2 aromatic heterocycles. The number of aryl methyl sites for hydroxylation is 2. The molecule has 0 amide bonds. The van der Waals surface area contributed by atoms with Crippen molar-refractivity contribution in [2.75, 3.05) is 11.8 Å². The van der Waals surface area contributed by atoms with E-state index in [0.717, 1.165) is 28.0 Å². The molecule has 2 aromatic carbocycles. The summed E-state index contributed by atoms with van der Waals surface area (Å²) in [4.78, 5) is 4.83. The molecular formula is C22H21N3O3S. The Hall–Kier alpha value is -3.32. The lowest BCUT2D eigenvalue weighted by Crippen LogP contribution is -2.13. The van der Waals surface area contributed by atoms with Gasteiger partial charge in [0.1, 0.15) is 11.4 Å². The lowest BCUT2D eigenvalue weighted by molar-refractivity contribution is 0.411. The maximum Gasteiger partial charge on any atom is 0.261 e. The number of ether oxygens (including phenoxy) is 1. The number of nitrogens with zero attached hydrogens (tertiary/aromatic N) is 2. The van der Waals surface area contributed by atoms with Crippen LogP contribution >= 0.6 is 0 Å². The number of anilines is 1. The minimum absolute atomic E-state index is 0.185. The Morgan fingerprint density at radius 1 is 1.03 bits per heavy atom. The topological polar surface area (TPSA) is 72.7 Å². The highest BCUT2D eigenvalue weighted by Gasteiger charge is 2.16. The van der Waals surface area contributed by atoms with Crippen molar-refractivity contribution in [1.82, 2.24) is 9.38 Å². The Labute approximate surface area is 169 Å². The smallest absolute Gasteiger partial charge is 0.261 e. The average Bonchev–Trinajstić information content (AvgIpc) is 3.11. The summed E-state index contributed by atoms with van der Waals surface area (Å²) in [6, 6.07) is 16.0. The number of benzene rings is 2. The number of methoxy groups -OCH3 is 1. The minimum atomic E-state index is -3.72. The third kappa shape index (κ3) is 3.82. The van der Waals surface area contributed by atoms with Crippen molar-refractivity contribution in [2.45, 2.75) is 18.7 Å². The maximum absolute atomic E-state index is 12.8. The van der Waals surface area contributed by atoms with Crippen LogP contribution in [-0.4, -0.2) is 24.9 Å². The molecule has 0 aliphatic carbocycles. The van der Waals surface area contributed by atoms with Gasteiger partial charge in [0.25, 0.3) is 10.0 Å². The Morgan fingerprint density at radius 3 is 2.62 bits per heavy atom. The SMILES string of the molecule is COc1ccc(S(=O)(=O)Nc2cccc(-c3cn4ccc(C)cc4n3)c2)cc1C. The van der Waals surface area contributed by atoms with Gasteiger partial charge in [0.15, 0.2) is 0 Å². The molecule has 0 saturated heterocycles. The first-order chi connectivity index (χ1) is 13.9. The van der Waals surface area contributed by atoms with E-state index in [4.69, 9.17) is 4.74 Å². The molecule has 0 spiro atoms. The lowest BCUT2D eigenvalue weighted by Gasteiger charge is -2.11. The standard InChI is InChI=1S/C22H21N3O3S/c1-15-9-10-25-14-20(23-22(25)11-15)17-5-4-6-18(13-17)24-29(26,27)19-7-8-21(28-3)16(2)12-19/h4-14,24H,1-3H3. The predicted octanol–water partition coefficient (Wildman–Crippen LogP) is 4.43. The normalized spacial score (nSPS) is 11.6. The summed E-state index contributed by atoms with van der Waals surface area (Å²) < 4.78 is 35.4. The Bertz CT molecular complexity index is 1310. The third-order valence-corrected chi connectivity index (χ3v) is 6.08. The number of rotatable bonds is 5. The highest BCUT2D eigenvalue weighted by atomic mass is 32.2. The van der Waals surface area contributed by atoms with Crippen LogP contribution in [0.2, 0.25) is 0 Å². The van der Waals surface area contributed by atoms with Gasteiger partial charge >= 0.3 is 0 Å². The van der Waals surface area contributed by atoms with Crippen molar-refractivity contribution >= 4 is 21.4 Å². The first-order valence-electron chi connectivity index (χ1n) is 9.09. The Kier molecular flexibility index (Phi) is 4.76. The van der Waals surface area contributed by atoms with Crippen LogP contribution in [0, 0.1) is 13.8 Å². The second kappa shape index (κ2) is 7.25. The first kappa shape index (κ1) is 19.0. The fraction of sp³-hybridized carbons (Fsp3) is 0.136. The summed E-state index contributed by atoms with van der Waals surface area (Å²) in [5, 5.41) is 0. The zero-order chi connectivity index (χ0) is 20.6. The first-order valence-corrected chi connectivity index (χ1v) is 10.6. The van der Waals surface area contributed by atoms with Crippen molar-refractivity contribution in [3.8, 4) is 17.0 Å². The molecule has 1 N–H and O–H groups in total. The number of imidazole rings is 1. The predicted molar refractivity (Wildman–Crippen MR) is 114 cm³/mol. The van der Waals surface area contributed by atoms with E-state index in [-0.39, 0.29) is 4.90 Å². The van der Waals surface area contributed by atoms with Crippen LogP contribution in [0.4, 0.5) is 5.69 Å². The van der Waals surface area contributed by atoms with Crippen LogP contribution in [0.25, 0.3) is 16.9 Å². The maximum atomic E-state index is 12.8. The van der Waals surface area contributed by atoms with Crippen molar-refractivity contribution in [2.24, 2.45) is 0 Å². The van der Waals surface area contributed by atoms with E-state index in [1.807, 2.05) is 54.9 Å². The van der Waals surface area contributed by atoms with Gasteiger partial charge in [-0.15, -0.1) is 0 Å². The summed E-state index contributed by atoms with van der Waals surface area (Å²) >= 11 is 0. The van der Waals surface area contributed by atoms with Gasteiger partial charge in [-0.05, 0) is 67.4 Å². The van der Waals surface area contributed by atoms with E-state index >= 15 is 0 Å². The molecule has 0 atom stereocenters. The molecule has 0 radical (unpaired) electrons. The summed E-state index contributed by atoms with van der Waals surface area (Å²) in [6.07, 6.45) is 3.88. The highest BCUT2D eigenvalue weighted by molar-refractivity contribution is 7.92. The highest BCUT2D eigenvalue weighted by Crippen LogP contribution is 2.26. The molecule has 0 bridgehead atoms. The van der Waals surface area contributed by atoms with Crippen LogP contribution in [0.15, 0.2) is 71.9 Å². The second-order valence-electron chi connectivity index (χ2n) is 6.91. The number of aromatic nitrogens is 2. The van der Waals surface area contributed by atoms with Gasteiger partial charge in [-0.2, -0.15) is 0 Å². The summed E-state index contributed by atoms with van der Waals surface area (Å²) in [5.74, 6) is 0.646. The van der Waals surface area contributed by atoms with Gasteiger partial charge in [0, 0.05) is 23.6 Å². The van der Waals surface area contributed by atoms with E-state index in [2.05, 4.69) is 9.71 Å². The molecule has 0 aliphatic rings. The molecule has 29 heavy (non-hydrogen) atoms. The van der Waals surface area contributed by atoms with Crippen LogP contribution in [0.1, 0.15) is 11.1 Å². The number of sulfonamides is 1. The average molecular weight is 407 g/mol. The molecule has 148 valence electrons. The fourth-order valence-corrected chi connectivity index (χ4v) is 4.33. The van der Waals surface area contributed by atoms with Crippen LogP contribution in [-0.2, 0) is 10.0 Å². The van der Waals surface area contributed by atoms with Gasteiger partial charge in [0.2, 0.25) is 0 Å². The number of hydrogen-bond acceptors (Lipinski definition) is 4. The lowest BCUT2D eigenvalue weighted by atomic mass is 10.1. The number of hydrogen-bond donors (Lipinski definition) is 1. The van der Waals surface area contributed by atoms with Crippen molar-refractivity contribution in [1.29, 1.82) is 0 Å². The molecule has 4 rings (SSSR count). The van der Waals surface area contributed by atoms with Crippen LogP contribution in [0.3, 0.4) is 0 Å². The molecule has 6 nitrogen and oxygen atoms in total. The zero-order valence-corrected chi connectivity index (χ0v) is 17.2. The molecule has 7 heteroatoms. The number of pyridine rings is 1. The van der Waals surface area contributed by atoms with Gasteiger partial charge in [-0.1, -0.05) is 12.1 Å². The van der Waals surface area contributed by atoms with Crippen molar-refractivity contribution < 1.29 is 13.2 Å². The van der Waals surface area contributed by atoms with Crippen molar-refractivity contribution in [3.05, 3.63) is 78.1 Å². The molecule has 0 fully saturated rings. The quantitative estimate of drug-likeness (QED) is 0.531. The summed E-state index contributed by atoms with van der Waals surface area (Å²) in [6.45, 7) is 3.83. The van der Waals surface area contributed by atoms with E-state index in [1.165, 1.54) is 6.07 Å². The molecule has 0 unspecified atom stereocenters. The van der Waals surface area contributed by atoms with Gasteiger partial charge < -0.3 is 9.14 Å². The van der Waals surface area contributed by atoms with E-state index < -0.39 is 10.0 Å². The number of nitrogens with one attached hydrogen (secondary N) is 1. The fourth-order valence-electron chi connectivity index (χ4n) is 3.20. The second-order valence-corrected chi connectivity index (χ2v) is 8.60. The van der Waals surface area contributed by atoms with Gasteiger partial charge in [0.05, 0.1) is 17.7 Å². The van der Waals surface area contributed by atoms with Crippen LogP contribution in [0.5, 0.6) is 5.75 Å². The molecule has 0 saturated carbocycles. The monoisotopic (exact) mass is 407 g/mol. The van der Waals surface area contributed by atoms with E-state index in [1.54, 1.807) is 31.4 Å². The minimum Gasteiger partial charge on any atom is -0.496 e. The molecule has 4 aromatic rings. The Balaban J connectivity index is 1.65. The summed E-state index contributed by atoms with van der Waals surface area (Å²) in [7, 11) is -2.16. The molecule has 2 heterocycles. The van der Waals surface area contributed by atoms with E-state index in [9.17, 15) is 8.42 Å². The Morgan fingerprint density at radius 2 is 1.86 bits per heavy atom. The zero-order valence-electron chi connectivity index (χ0n) is 16.4. The molecule has 0 aliphatic heterocycles. The third-order valence-electron chi connectivity index (χ3n) is 4.70. The van der Waals surface area contributed by atoms with Gasteiger partial charge in [-0.25, -0.2) is 13.4 Å². The van der Waals surface area contributed by atoms with Gasteiger partial charge in [-0.3, -0.25) is 4.72 Å². The van der Waals surface area contributed by atoms with Crippen molar-refractivity contribution in [3.63, 3.8) is 0 Å². The van der Waals surface area contributed by atoms with Crippen LogP contribution < -0.4 is 9.46 Å².